The van der Waals surface area contributed by atoms with Crippen molar-refractivity contribution in [2.75, 3.05) is 12.0 Å². The van der Waals surface area contributed by atoms with Crippen molar-refractivity contribution in [3.05, 3.63) is 0 Å². The summed E-state index contributed by atoms with van der Waals surface area (Å²) >= 11 is 1.60. The molecular formula is C5H17GeNO2SSe. The third kappa shape index (κ3) is 10.8. The van der Waals surface area contributed by atoms with Crippen LogP contribution in [-0.4, -0.2) is 63.8 Å². The van der Waals surface area contributed by atoms with Crippen molar-refractivity contribution in [1.82, 2.24) is 0 Å². The van der Waals surface area contributed by atoms with Crippen LogP contribution in [0.15, 0.2) is 0 Å². The normalized spacial score (nSPS) is 10.7. The van der Waals surface area contributed by atoms with Crippen LogP contribution in [-0.2, 0) is 4.79 Å². The number of carbonyl (C=O) groups is 1. The van der Waals surface area contributed by atoms with Crippen LogP contribution in [0, 0.1) is 0 Å². The molecule has 11 heavy (non-hydrogen) atoms. The van der Waals surface area contributed by atoms with Gasteiger partial charge in [0, 0.05) is 0 Å². The van der Waals surface area contributed by atoms with Crippen molar-refractivity contribution in [3.8, 4) is 0 Å². The summed E-state index contributed by atoms with van der Waals surface area (Å²) in [6.07, 6.45) is 2.48. The number of hydrogen-bond acceptors (Lipinski definition) is 3. The first kappa shape index (κ1) is 17.8. The molecule has 0 aliphatic rings. The van der Waals surface area contributed by atoms with Crippen molar-refractivity contribution < 1.29 is 9.90 Å². The predicted molar refractivity (Wildman–Crippen MR) is 58.5 cm³/mol. The second-order valence-corrected chi connectivity index (χ2v) is 2.71. The van der Waals surface area contributed by atoms with E-state index < -0.39 is 12.0 Å². The van der Waals surface area contributed by atoms with E-state index in [1.54, 1.807) is 11.8 Å². The summed E-state index contributed by atoms with van der Waals surface area (Å²) in [6, 6.07) is -0.683. The second-order valence-electron chi connectivity index (χ2n) is 1.73. The summed E-state index contributed by atoms with van der Waals surface area (Å²) in [6.45, 7) is 0. The molecule has 1 atom stereocenters. The molecule has 0 aliphatic carbocycles. The van der Waals surface area contributed by atoms with Gasteiger partial charge in [-0.15, -0.1) is 0 Å². The number of nitrogens with two attached hydrogens (primary N) is 1. The van der Waals surface area contributed by atoms with Crippen molar-refractivity contribution in [2.45, 2.75) is 12.5 Å². The predicted octanol–water partition coefficient (Wildman–Crippen LogP) is -2.22. The molecule has 70 valence electrons. The number of carboxylic acids is 1. The molecule has 0 bridgehead atoms. The Hall–Kier alpha value is 0.842. The van der Waals surface area contributed by atoms with Gasteiger partial charge in [0.15, 0.2) is 0 Å². The van der Waals surface area contributed by atoms with Gasteiger partial charge in [-0.05, 0) is 18.4 Å². The summed E-state index contributed by atoms with van der Waals surface area (Å²) in [5, 5.41) is 8.27. The van der Waals surface area contributed by atoms with Gasteiger partial charge in [-0.3, -0.25) is 4.79 Å². The van der Waals surface area contributed by atoms with E-state index in [9.17, 15) is 4.79 Å². The van der Waals surface area contributed by atoms with E-state index in [2.05, 4.69) is 0 Å². The zero-order valence-corrected chi connectivity index (χ0v) is 8.75. The van der Waals surface area contributed by atoms with Crippen LogP contribution in [0.1, 0.15) is 6.42 Å². The molecule has 3 N–H and O–H groups in total. The fourth-order valence-corrected chi connectivity index (χ4v) is 0.858. The maximum absolute atomic E-state index is 10.1. The molecule has 0 unspecified atom stereocenters. The molecule has 0 aliphatic heterocycles. The molecule has 0 aromatic rings. The molecule has 0 aromatic carbocycles. The van der Waals surface area contributed by atoms with E-state index in [1.165, 1.54) is 0 Å². The molecule has 0 saturated carbocycles. The Balaban J connectivity index is -0.000000320. The summed E-state index contributed by atoms with van der Waals surface area (Å²) in [7, 11) is 0. The molecule has 0 radical (unpaired) electrons. The number of hydrogen-bond donors (Lipinski definition) is 2. The molecule has 0 aromatic heterocycles. The number of carboxylic acid groups (broad SMARTS) is 1. The van der Waals surface area contributed by atoms with Crippen LogP contribution >= 0.6 is 11.8 Å². The molecule has 3 nitrogen and oxygen atoms in total. The van der Waals surface area contributed by atoms with Crippen LogP contribution in [0.5, 0.6) is 0 Å². The summed E-state index contributed by atoms with van der Waals surface area (Å²) in [5.41, 5.74) is 5.19. The van der Waals surface area contributed by atoms with Crippen molar-refractivity contribution in [2.24, 2.45) is 5.73 Å². The Bertz CT molecular complexity index is 106. The third-order valence-electron chi connectivity index (χ3n) is 0.950. The van der Waals surface area contributed by atoms with E-state index in [0.29, 0.717) is 6.42 Å². The number of rotatable bonds is 4. The fourth-order valence-electron chi connectivity index (χ4n) is 0.368. The van der Waals surface area contributed by atoms with Crippen LogP contribution in [0.3, 0.4) is 0 Å². The van der Waals surface area contributed by atoms with Crippen molar-refractivity contribution >= 4 is 52.4 Å². The van der Waals surface area contributed by atoms with E-state index >= 15 is 0 Å². The SMILES string of the molecule is CSCC[C@H](N)C(=O)O.[GeH4].[SeH2]. The van der Waals surface area contributed by atoms with Gasteiger partial charge >= 0.3 is 40.6 Å². The average molecular weight is 307 g/mol. The first-order valence-electron chi connectivity index (χ1n) is 2.65. The number of aliphatic carboxylic acids is 1. The monoisotopic (exact) mass is 309 g/mol. The molecule has 6 heteroatoms. The van der Waals surface area contributed by atoms with E-state index in [4.69, 9.17) is 10.8 Å². The van der Waals surface area contributed by atoms with Gasteiger partial charge in [0.2, 0.25) is 0 Å². The Kier molecular flexibility index (Phi) is 17.6. The average Bonchev–Trinajstić information content (AvgIpc) is 1.82. The number of thioether (sulfide) groups is 1. The molecule has 0 amide bonds. The van der Waals surface area contributed by atoms with Crippen LogP contribution in [0.25, 0.3) is 0 Å². The standard InChI is InChI=1S/C5H11NO2S.GeH4.H2Se/c1-9-3-2-4(6)5(7)8;;/h4H,2-3,6H2,1H3,(H,7,8);1H4;1H2/t4-;;/m0../s1. The minimum atomic E-state index is -0.913. The Morgan fingerprint density at radius 3 is 2.45 bits per heavy atom. The second kappa shape index (κ2) is 10.8. The van der Waals surface area contributed by atoms with Gasteiger partial charge in [-0.25, -0.2) is 0 Å². The first-order valence-corrected chi connectivity index (χ1v) is 4.05. The molecule has 0 fully saturated rings. The first-order chi connectivity index (χ1) is 4.18. The minimum absolute atomic E-state index is 0. The summed E-state index contributed by atoms with van der Waals surface area (Å²) in [4.78, 5) is 10.1. The fraction of sp³-hybridized carbons (Fsp3) is 0.800. The van der Waals surface area contributed by atoms with Crippen molar-refractivity contribution in [1.29, 1.82) is 0 Å². The Morgan fingerprint density at radius 1 is 1.73 bits per heavy atom. The van der Waals surface area contributed by atoms with Crippen LogP contribution in [0.2, 0.25) is 0 Å². The molecule has 0 spiro atoms. The zero-order valence-electron chi connectivity index (χ0n) is 5.83. The Labute approximate surface area is 92.3 Å². The maximum atomic E-state index is 10.1. The summed E-state index contributed by atoms with van der Waals surface area (Å²) in [5.74, 6) is -0.1000. The van der Waals surface area contributed by atoms with Crippen LogP contribution < -0.4 is 5.73 Å². The molecule has 0 heterocycles. The molecule has 0 rings (SSSR count). The van der Waals surface area contributed by atoms with E-state index in [-0.39, 0.29) is 34.7 Å². The van der Waals surface area contributed by atoms with E-state index in [1.807, 2.05) is 6.26 Å². The third-order valence-corrected chi connectivity index (χ3v) is 1.59. The quantitative estimate of drug-likeness (QED) is 0.578. The van der Waals surface area contributed by atoms with Gasteiger partial charge < -0.3 is 10.8 Å². The zero-order chi connectivity index (χ0) is 7.28. The molecular weight excluding hydrogens is 290 g/mol. The topological polar surface area (TPSA) is 63.3 Å². The summed E-state index contributed by atoms with van der Waals surface area (Å²) < 4.78 is 0. The van der Waals surface area contributed by atoms with Gasteiger partial charge in [0.25, 0.3) is 0 Å². The molecule has 0 saturated heterocycles. The van der Waals surface area contributed by atoms with Gasteiger partial charge in [0.05, 0.1) is 0 Å². The van der Waals surface area contributed by atoms with E-state index in [0.717, 1.165) is 5.75 Å². The van der Waals surface area contributed by atoms with Crippen molar-refractivity contribution in [3.63, 3.8) is 0 Å². The van der Waals surface area contributed by atoms with Gasteiger partial charge in [0.1, 0.15) is 6.04 Å². The Morgan fingerprint density at radius 2 is 2.18 bits per heavy atom. The van der Waals surface area contributed by atoms with Crippen LogP contribution in [0.4, 0.5) is 0 Å². The van der Waals surface area contributed by atoms with Gasteiger partial charge in [-0.1, -0.05) is 0 Å². The van der Waals surface area contributed by atoms with Gasteiger partial charge in [-0.2, -0.15) is 11.8 Å².